The minimum absolute atomic E-state index is 0.274. The first-order chi connectivity index (χ1) is 9.99. The molecule has 21 heavy (non-hydrogen) atoms. The predicted molar refractivity (Wildman–Crippen MR) is 83.8 cm³/mol. The fourth-order valence-corrected chi connectivity index (χ4v) is 1.98. The number of halogens is 2. The second-order valence-electron chi connectivity index (χ2n) is 4.61. The molecule has 118 valence electrons. The topological polar surface area (TPSA) is 70.6 Å². The van der Waals surface area contributed by atoms with Crippen molar-refractivity contribution in [3.8, 4) is 0 Å². The highest BCUT2D eigenvalue weighted by molar-refractivity contribution is 6.35. The highest BCUT2D eigenvalue weighted by Gasteiger charge is 2.03. The zero-order valence-corrected chi connectivity index (χ0v) is 13.4. The zero-order valence-electron chi connectivity index (χ0n) is 11.9. The molecule has 0 saturated carbocycles. The molecule has 0 aromatic heterocycles. The van der Waals surface area contributed by atoms with E-state index < -0.39 is 6.10 Å². The van der Waals surface area contributed by atoms with Gasteiger partial charge < -0.3 is 20.5 Å². The third kappa shape index (κ3) is 8.12. The summed E-state index contributed by atoms with van der Waals surface area (Å²) in [6.45, 7) is 3.25. The molecule has 2 amide bonds. The lowest BCUT2D eigenvalue weighted by molar-refractivity contribution is 0.123. The van der Waals surface area contributed by atoms with E-state index in [9.17, 15) is 4.79 Å². The Bertz CT molecular complexity index is 456. The van der Waals surface area contributed by atoms with Gasteiger partial charge in [-0.3, -0.25) is 0 Å². The first-order valence-electron chi connectivity index (χ1n) is 6.70. The van der Waals surface area contributed by atoms with Crippen LogP contribution in [0.2, 0.25) is 10.0 Å². The number of ether oxygens (including phenoxy) is 1. The van der Waals surface area contributed by atoms with Crippen molar-refractivity contribution >= 4 is 29.2 Å². The third-order valence-corrected chi connectivity index (χ3v) is 3.24. The van der Waals surface area contributed by atoms with Gasteiger partial charge in [-0.2, -0.15) is 0 Å². The number of aliphatic hydroxyl groups excluding tert-OH is 1. The van der Waals surface area contributed by atoms with Gasteiger partial charge in [0.15, 0.2) is 0 Å². The molecule has 0 saturated heterocycles. The summed E-state index contributed by atoms with van der Waals surface area (Å²) in [5, 5.41) is 15.5. The van der Waals surface area contributed by atoms with Gasteiger partial charge in [-0.05, 0) is 31.0 Å². The van der Waals surface area contributed by atoms with E-state index in [1.165, 1.54) is 0 Å². The van der Waals surface area contributed by atoms with Crippen LogP contribution in [0.3, 0.4) is 0 Å². The molecule has 7 heteroatoms. The average molecular weight is 335 g/mol. The average Bonchev–Trinajstić information content (AvgIpc) is 2.40. The van der Waals surface area contributed by atoms with Crippen LogP contribution in [0.4, 0.5) is 4.79 Å². The molecule has 0 aliphatic rings. The Balaban J connectivity index is 2.10. The highest BCUT2D eigenvalue weighted by Crippen LogP contribution is 2.21. The van der Waals surface area contributed by atoms with Gasteiger partial charge in [0.2, 0.25) is 0 Å². The van der Waals surface area contributed by atoms with Crippen molar-refractivity contribution in [1.29, 1.82) is 0 Å². The van der Waals surface area contributed by atoms with Crippen molar-refractivity contribution in [2.24, 2.45) is 0 Å². The van der Waals surface area contributed by atoms with Crippen LogP contribution in [-0.4, -0.2) is 36.9 Å². The first kappa shape index (κ1) is 18.0. The van der Waals surface area contributed by atoms with Gasteiger partial charge in [0, 0.05) is 23.1 Å². The Morgan fingerprint density at radius 1 is 1.33 bits per heavy atom. The van der Waals surface area contributed by atoms with Crippen LogP contribution in [0.15, 0.2) is 18.2 Å². The standard InChI is InChI=1S/C14H20Cl2N2O3/c1-10(19)4-5-17-14(20)18-6-7-21-9-11-2-3-12(15)8-13(11)16/h2-3,8,10,19H,4-7,9H2,1H3,(H2,17,18,20). The van der Waals surface area contributed by atoms with Gasteiger partial charge in [-0.15, -0.1) is 0 Å². The van der Waals surface area contributed by atoms with E-state index in [0.717, 1.165) is 5.56 Å². The Morgan fingerprint density at radius 3 is 2.71 bits per heavy atom. The molecule has 1 aromatic rings. The van der Waals surface area contributed by atoms with Crippen molar-refractivity contribution in [2.45, 2.75) is 26.1 Å². The number of rotatable bonds is 8. The number of aliphatic hydroxyl groups is 1. The van der Waals surface area contributed by atoms with Gasteiger partial charge in [0.05, 0.1) is 19.3 Å². The number of benzene rings is 1. The van der Waals surface area contributed by atoms with E-state index in [0.29, 0.717) is 42.8 Å². The maximum atomic E-state index is 11.4. The summed E-state index contributed by atoms with van der Waals surface area (Å²) in [4.78, 5) is 11.4. The maximum Gasteiger partial charge on any atom is 0.314 e. The second-order valence-corrected chi connectivity index (χ2v) is 5.45. The molecular formula is C14H20Cl2N2O3. The molecule has 0 aliphatic carbocycles. The molecule has 0 heterocycles. The summed E-state index contributed by atoms with van der Waals surface area (Å²) in [6.07, 6.45) is 0.108. The van der Waals surface area contributed by atoms with Gasteiger partial charge in [0.1, 0.15) is 0 Å². The number of hydrogen-bond donors (Lipinski definition) is 3. The molecule has 1 unspecified atom stereocenters. The zero-order chi connectivity index (χ0) is 15.7. The summed E-state index contributed by atoms with van der Waals surface area (Å²) >= 11 is 11.8. The van der Waals surface area contributed by atoms with E-state index in [1.807, 2.05) is 0 Å². The Kier molecular flexibility index (Phi) is 8.45. The maximum absolute atomic E-state index is 11.4. The van der Waals surface area contributed by atoms with Crippen molar-refractivity contribution in [1.82, 2.24) is 10.6 Å². The fourth-order valence-electron chi connectivity index (χ4n) is 1.51. The van der Waals surface area contributed by atoms with Crippen LogP contribution in [0.25, 0.3) is 0 Å². The SMILES string of the molecule is CC(O)CCNC(=O)NCCOCc1ccc(Cl)cc1Cl. The number of carbonyl (C=O) groups excluding carboxylic acids is 1. The third-order valence-electron chi connectivity index (χ3n) is 2.65. The van der Waals surface area contributed by atoms with Crippen LogP contribution >= 0.6 is 23.2 Å². The van der Waals surface area contributed by atoms with Crippen molar-refractivity contribution in [2.75, 3.05) is 19.7 Å². The second kappa shape index (κ2) is 9.84. The van der Waals surface area contributed by atoms with Crippen LogP contribution in [0.5, 0.6) is 0 Å². The summed E-state index contributed by atoms with van der Waals surface area (Å²) in [5.41, 5.74) is 0.849. The van der Waals surface area contributed by atoms with Crippen molar-refractivity contribution in [3.63, 3.8) is 0 Å². The minimum atomic E-state index is -0.419. The lowest BCUT2D eigenvalue weighted by Crippen LogP contribution is -2.38. The number of hydrogen-bond acceptors (Lipinski definition) is 3. The van der Waals surface area contributed by atoms with Crippen LogP contribution in [-0.2, 0) is 11.3 Å². The summed E-state index contributed by atoms with van der Waals surface area (Å²) in [7, 11) is 0. The molecule has 1 atom stereocenters. The Labute approximate surface area is 134 Å². The highest BCUT2D eigenvalue weighted by atomic mass is 35.5. The van der Waals surface area contributed by atoms with Gasteiger partial charge in [-0.1, -0.05) is 29.3 Å². The van der Waals surface area contributed by atoms with Crippen molar-refractivity contribution < 1.29 is 14.6 Å². The molecular weight excluding hydrogens is 315 g/mol. The van der Waals surface area contributed by atoms with E-state index in [2.05, 4.69) is 10.6 Å². The summed E-state index contributed by atoms with van der Waals surface area (Å²) < 4.78 is 5.42. The molecule has 0 fully saturated rings. The van der Waals surface area contributed by atoms with Gasteiger partial charge in [-0.25, -0.2) is 4.79 Å². The molecule has 0 aliphatic heterocycles. The molecule has 0 radical (unpaired) electrons. The Hall–Kier alpha value is -1.01. The van der Waals surface area contributed by atoms with Crippen LogP contribution in [0, 0.1) is 0 Å². The van der Waals surface area contributed by atoms with Crippen LogP contribution < -0.4 is 10.6 Å². The van der Waals surface area contributed by atoms with E-state index >= 15 is 0 Å². The van der Waals surface area contributed by atoms with E-state index in [-0.39, 0.29) is 6.03 Å². The predicted octanol–water partition coefficient (Wildman–Crippen LogP) is 2.58. The monoisotopic (exact) mass is 334 g/mol. The first-order valence-corrected chi connectivity index (χ1v) is 7.46. The quantitative estimate of drug-likeness (QED) is 0.640. The number of carbonyl (C=O) groups is 1. The lowest BCUT2D eigenvalue weighted by Gasteiger charge is -2.09. The Morgan fingerprint density at radius 2 is 2.05 bits per heavy atom. The summed E-state index contributed by atoms with van der Waals surface area (Å²) in [5.74, 6) is 0. The number of urea groups is 1. The molecule has 0 spiro atoms. The summed E-state index contributed by atoms with van der Waals surface area (Å²) in [6, 6.07) is 4.94. The molecule has 0 bridgehead atoms. The minimum Gasteiger partial charge on any atom is -0.393 e. The van der Waals surface area contributed by atoms with E-state index in [1.54, 1.807) is 25.1 Å². The fraction of sp³-hybridized carbons (Fsp3) is 0.500. The van der Waals surface area contributed by atoms with Crippen molar-refractivity contribution in [3.05, 3.63) is 33.8 Å². The largest absolute Gasteiger partial charge is 0.393 e. The van der Waals surface area contributed by atoms with Gasteiger partial charge >= 0.3 is 6.03 Å². The normalized spacial score (nSPS) is 12.0. The molecule has 1 rings (SSSR count). The van der Waals surface area contributed by atoms with Crippen LogP contribution in [0.1, 0.15) is 18.9 Å². The smallest absolute Gasteiger partial charge is 0.314 e. The number of nitrogens with one attached hydrogen (secondary N) is 2. The molecule has 1 aromatic carbocycles. The molecule has 5 nitrogen and oxygen atoms in total. The van der Waals surface area contributed by atoms with E-state index in [4.69, 9.17) is 33.0 Å². The lowest BCUT2D eigenvalue weighted by atomic mass is 10.2. The number of amides is 2. The van der Waals surface area contributed by atoms with Gasteiger partial charge in [0.25, 0.3) is 0 Å². The molecule has 3 N–H and O–H groups in total.